The normalized spacial score (nSPS) is 29.2. The minimum absolute atomic E-state index is 0.00234. The zero-order valence-electron chi connectivity index (χ0n) is 33.6. The number of hydrogen-bond donors (Lipinski definition) is 4. The van der Waals surface area contributed by atoms with Gasteiger partial charge in [0.25, 0.3) is 11.1 Å². The summed E-state index contributed by atoms with van der Waals surface area (Å²) in [7, 11) is 0. The van der Waals surface area contributed by atoms with Crippen LogP contribution in [0.4, 0.5) is 0 Å². The molecule has 8 atom stereocenters. The molecule has 2 saturated heterocycles. The number of nitrogens with one attached hydrogen (secondary N) is 2. The number of pyridine rings is 2. The van der Waals surface area contributed by atoms with E-state index in [2.05, 4.69) is 34.3 Å². The summed E-state index contributed by atoms with van der Waals surface area (Å²) in [5.74, 6) is 0.336. The zero-order valence-corrected chi connectivity index (χ0v) is 33.6. The molecule has 304 valence electrons. The van der Waals surface area contributed by atoms with E-state index in [1.54, 1.807) is 0 Å². The summed E-state index contributed by atoms with van der Waals surface area (Å²) >= 11 is 0. The zero-order chi connectivity index (χ0) is 39.7. The first-order chi connectivity index (χ1) is 27.2. The second-order valence-corrected chi connectivity index (χ2v) is 16.9. The number of hydrogen-bond acceptors (Lipinski definition) is 8. The number of carbonyl (C=O) groups is 2. The van der Waals surface area contributed by atoms with Crippen LogP contribution in [0, 0.1) is 35.5 Å². The third-order valence-corrected chi connectivity index (χ3v) is 13.2. The molecule has 0 spiro atoms. The predicted octanol–water partition coefficient (Wildman–Crippen LogP) is 3.56. The molecule has 4 fully saturated rings. The van der Waals surface area contributed by atoms with Gasteiger partial charge in [-0.15, -0.1) is 0 Å². The van der Waals surface area contributed by atoms with Crippen LogP contribution in [-0.2, 0) is 22.7 Å². The van der Waals surface area contributed by atoms with E-state index in [4.69, 9.17) is 0 Å². The third kappa shape index (κ3) is 7.62. The van der Waals surface area contributed by atoms with E-state index in [1.165, 1.54) is 25.7 Å². The molecule has 4 aliphatic heterocycles. The quantitative estimate of drug-likeness (QED) is 0.228. The molecule has 56 heavy (non-hydrogen) atoms. The van der Waals surface area contributed by atoms with Crippen LogP contribution in [0.25, 0.3) is 12.2 Å². The molecule has 2 aromatic heterocycles. The summed E-state index contributed by atoms with van der Waals surface area (Å²) in [5, 5.41) is 26.6. The molecule has 2 aromatic rings. The van der Waals surface area contributed by atoms with E-state index in [0.717, 1.165) is 50.4 Å². The van der Waals surface area contributed by atoms with Crippen molar-refractivity contribution in [3.63, 3.8) is 0 Å². The molecule has 2 saturated carbocycles. The molecule has 6 aliphatic rings. The number of carbonyl (C=O) groups excluding carboxylic acids is 2. The maximum absolute atomic E-state index is 13.2. The second kappa shape index (κ2) is 17.3. The van der Waals surface area contributed by atoms with Crippen LogP contribution in [0.5, 0.6) is 0 Å². The Labute approximate surface area is 330 Å². The Bertz CT molecular complexity index is 1790. The molecule has 0 radical (unpaired) electrons. The molecule has 8 rings (SSSR count). The minimum Gasteiger partial charge on any atom is -0.396 e. The SMILES string of the molecule is C/C=C/c1ccc2n(c1=O)C[C@@H]1[C@@H](CO)[C@H](C(=O)NCC3CC3)[C@H]2N1CCC.C/C=C\c1ccc2n(c1=O)C[C@@H]1[C@@H](CO)[C@H](C(=O)NCC3CC3)[C@H]2N1CCC. The van der Waals surface area contributed by atoms with Crippen LogP contribution in [-0.4, -0.2) is 92.4 Å². The van der Waals surface area contributed by atoms with Crippen molar-refractivity contribution in [2.75, 3.05) is 39.4 Å². The van der Waals surface area contributed by atoms with Crippen molar-refractivity contribution < 1.29 is 19.8 Å². The molecular weight excluding hydrogens is 709 g/mol. The molecule has 4 bridgehead atoms. The Morgan fingerprint density at radius 2 is 1.07 bits per heavy atom. The van der Waals surface area contributed by atoms with E-state index in [0.29, 0.717) is 36.1 Å². The Morgan fingerprint density at radius 1 is 0.679 bits per heavy atom. The average molecular weight is 771 g/mol. The summed E-state index contributed by atoms with van der Waals surface area (Å²) in [5.41, 5.74) is 3.15. The van der Waals surface area contributed by atoms with Gasteiger partial charge in [0.15, 0.2) is 0 Å². The van der Waals surface area contributed by atoms with Gasteiger partial charge in [-0.1, -0.05) is 38.2 Å². The maximum atomic E-state index is 13.2. The van der Waals surface area contributed by atoms with E-state index in [-0.39, 0.29) is 84.0 Å². The van der Waals surface area contributed by atoms with Gasteiger partial charge < -0.3 is 30.0 Å². The van der Waals surface area contributed by atoms with E-state index in [1.807, 2.05) is 71.6 Å². The van der Waals surface area contributed by atoms with Crippen molar-refractivity contribution in [1.82, 2.24) is 29.6 Å². The molecule has 2 amide bonds. The Kier molecular flexibility index (Phi) is 12.5. The van der Waals surface area contributed by atoms with Gasteiger partial charge in [0.05, 0.1) is 23.9 Å². The van der Waals surface area contributed by atoms with Crippen molar-refractivity contribution in [3.8, 4) is 0 Å². The van der Waals surface area contributed by atoms with Crippen LogP contribution in [0.2, 0.25) is 0 Å². The minimum atomic E-state index is -0.319. The monoisotopic (exact) mass is 770 g/mol. The number of amides is 2. The van der Waals surface area contributed by atoms with E-state index < -0.39 is 0 Å². The number of aliphatic hydroxyl groups is 2. The topological polar surface area (TPSA) is 149 Å². The fraction of sp³-hybridized carbons (Fsp3) is 0.636. The fourth-order valence-corrected chi connectivity index (χ4v) is 10.2. The van der Waals surface area contributed by atoms with Crippen molar-refractivity contribution in [2.24, 2.45) is 35.5 Å². The van der Waals surface area contributed by atoms with Crippen LogP contribution in [0.1, 0.15) is 101 Å². The molecule has 0 unspecified atom stereocenters. The highest BCUT2D eigenvalue weighted by Gasteiger charge is 2.56. The van der Waals surface area contributed by atoms with Crippen molar-refractivity contribution in [1.29, 1.82) is 0 Å². The van der Waals surface area contributed by atoms with Crippen molar-refractivity contribution >= 4 is 24.0 Å². The van der Waals surface area contributed by atoms with Gasteiger partial charge in [-0.25, -0.2) is 0 Å². The third-order valence-electron chi connectivity index (χ3n) is 13.2. The number of allylic oxidation sites excluding steroid dienone is 2. The standard InChI is InChI=1S/2C22H31N3O3/c2*1-3-5-15-8-9-17-20-19(21(27)23-11-14-6-7-14)16(13-26)18(24(20)10-4-2)12-25(17)22(15)28/h2*3,5,8-9,14,16,18-20,26H,4,6-7,10-13H2,1-2H3,(H,23,27)/b5-3+;5-3-/t2*16-,18-,19+,20+/m11/s1. The number of rotatable bonds is 14. The van der Waals surface area contributed by atoms with Crippen molar-refractivity contribution in [3.05, 3.63) is 79.6 Å². The van der Waals surface area contributed by atoms with Crippen LogP contribution in [0.15, 0.2) is 46.0 Å². The number of aliphatic hydroxyl groups excluding tert-OH is 2. The first-order valence-corrected chi connectivity index (χ1v) is 21.2. The van der Waals surface area contributed by atoms with Gasteiger partial charge >= 0.3 is 0 Å². The molecule has 6 heterocycles. The fourth-order valence-electron chi connectivity index (χ4n) is 10.2. The lowest BCUT2D eigenvalue weighted by atomic mass is 9.86. The predicted molar refractivity (Wildman–Crippen MR) is 217 cm³/mol. The number of aromatic nitrogens is 2. The lowest BCUT2D eigenvalue weighted by Gasteiger charge is -2.38. The highest BCUT2D eigenvalue weighted by atomic mass is 16.3. The van der Waals surface area contributed by atoms with Gasteiger partial charge in [-0.3, -0.25) is 29.0 Å². The molecular formula is C44H62N6O6. The molecule has 12 heteroatoms. The summed E-state index contributed by atoms with van der Waals surface area (Å²) in [6, 6.07) is 7.46. The first kappa shape index (κ1) is 40.4. The highest BCUT2D eigenvalue weighted by Crippen LogP contribution is 2.49. The van der Waals surface area contributed by atoms with Crippen LogP contribution >= 0.6 is 0 Å². The van der Waals surface area contributed by atoms with Gasteiger partial charge in [0, 0.05) is 85.8 Å². The van der Waals surface area contributed by atoms with Gasteiger partial charge in [0.2, 0.25) is 11.8 Å². The second-order valence-electron chi connectivity index (χ2n) is 16.9. The molecule has 12 nitrogen and oxygen atoms in total. The summed E-state index contributed by atoms with van der Waals surface area (Å²) in [4.78, 5) is 57.0. The number of nitrogens with zero attached hydrogens (tertiary/aromatic N) is 4. The summed E-state index contributed by atoms with van der Waals surface area (Å²) in [6.07, 6.45) is 14.1. The lowest BCUT2D eigenvalue weighted by molar-refractivity contribution is -0.128. The Hall–Kier alpha value is -3.84. The van der Waals surface area contributed by atoms with Gasteiger partial charge in [-0.05, 0) is 102 Å². The highest BCUT2D eigenvalue weighted by molar-refractivity contribution is 5.81. The number of fused-ring (bicyclic) bond motifs is 8. The molecule has 0 aromatic carbocycles. The molecule has 4 N–H and O–H groups in total. The van der Waals surface area contributed by atoms with E-state index >= 15 is 0 Å². The summed E-state index contributed by atoms with van der Waals surface area (Å²) < 4.78 is 3.68. The Balaban J connectivity index is 0.000000172. The van der Waals surface area contributed by atoms with Gasteiger partial charge in [0.1, 0.15) is 0 Å². The first-order valence-electron chi connectivity index (χ1n) is 21.2. The lowest BCUT2D eigenvalue weighted by Crippen LogP contribution is -2.47. The van der Waals surface area contributed by atoms with Crippen molar-refractivity contribution in [2.45, 2.75) is 103 Å². The van der Waals surface area contributed by atoms with E-state index in [9.17, 15) is 29.4 Å². The Morgan fingerprint density at radius 3 is 1.39 bits per heavy atom. The van der Waals surface area contributed by atoms with Crippen LogP contribution < -0.4 is 21.8 Å². The smallest absolute Gasteiger partial charge is 0.258 e. The summed E-state index contributed by atoms with van der Waals surface area (Å²) in [6.45, 7) is 12.3. The largest absolute Gasteiger partial charge is 0.396 e. The van der Waals surface area contributed by atoms with Gasteiger partial charge in [-0.2, -0.15) is 0 Å². The van der Waals surface area contributed by atoms with Crippen LogP contribution in [0.3, 0.4) is 0 Å². The average Bonchev–Trinajstić information content (AvgIpc) is 4.13. The maximum Gasteiger partial charge on any atom is 0.258 e. The molecule has 2 aliphatic carbocycles.